The van der Waals surface area contributed by atoms with Crippen molar-refractivity contribution < 1.29 is 16.8 Å². The fourth-order valence-corrected chi connectivity index (χ4v) is 8.44. The lowest BCUT2D eigenvalue weighted by atomic mass is 9.92. The number of benzene rings is 1. The summed E-state index contributed by atoms with van der Waals surface area (Å²) in [6.45, 7) is 6.38. The molecule has 0 radical (unpaired) electrons. The zero-order valence-electron chi connectivity index (χ0n) is 19.7. The number of likely N-dealkylation sites (N-methyl/N-ethyl adjacent to an activating group) is 1. The quantitative estimate of drug-likeness (QED) is 0.552. The Balaban J connectivity index is 1.57. The average molecular weight is 499 g/mol. The summed E-state index contributed by atoms with van der Waals surface area (Å²) in [7, 11) is -7.31. The van der Waals surface area contributed by atoms with Gasteiger partial charge in [-0.15, -0.1) is 0 Å². The Morgan fingerprint density at radius 2 is 1.73 bits per heavy atom. The van der Waals surface area contributed by atoms with Crippen molar-refractivity contribution in [3.05, 3.63) is 29.3 Å². The van der Waals surface area contributed by atoms with Gasteiger partial charge in [0, 0.05) is 45.3 Å². The molecule has 1 aromatic carbocycles. The summed E-state index contributed by atoms with van der Waals surface area (Å²) in [4.78, 5) is 2.60. The Hall–Kier alpha value is -1.04. The van der Waals surface area contributed by atoms with Crippen LogP contribution in [0.3, 0.4) is 0 Å². The SMILES string of the molecule is CCN1CCC[C@H]1CN(CCS(=O)(=O)N1CCNCC1)S(=O)(=O)c1ccc2c(c1)CCCC2. The molecule has 0 bridgehead atoms. The first-order chi connectivity index (χ1) is 15.8. The maximum absolute atomic E-state index is 13.8. The number of piperazine rings is 1. The van der Waals surface area contributed by atoms with Crippen LogP contribution in [-0.2, 0) is 32.9 Å². The second-order valence-corrected chi connectivity index (χ2v) is 13.4. The van der Waals surface area contributed by atoms with Gasteiger partial charge in [0.15, 0.2) is 0 Å². The maximum atomic E-state index is 13.8. The van der Waals surface area contributed by atoms with Crippen LogP contribution in [0.2, 0.25) is 0 Å². The van der Waals surface area contributed by atoms with Gasteiger partial charge in [0.25, 0.3) is 0 Å². The van der Waals surface area contributed by atoms with Crippen LogP contribution in [-0.4, -0.2) is 94.5 Å². The van der Waals surface area contributed by atoms with Crippen LogP contribution in [0.15, 0.2) is 23.1 Å². The van der Waals surface area contributed by atoms with Crippen molar-refractivity contribution in [2.75, 3.05) is 58.1 Å². The van der Waals surface area contributed by atoms with Crippen molar-refractivity contribution in [1.82, 2.24) is 18.8 Å². The topological polar surface area (TPSA) is 90.0 Å². The van der Waals surface area contributed by atoms with Crippen molar-refractivity contribution in [2.24, 2.45) is 0 Å². The molecule has 3 aliphatic rings. The highest BCUT2D eigenvalue weighted by Gasteiger charge is 2.34. The Kier molecular flexibility index (Phi) is 8.13. The fourth-order valence-electron chi connectivity index (χ4n) is 5.35. The molecule has 2 fully saturated rings. The molecular formula is C23H38N4O4S2. The molecule has 4 rings (SSSR count). The first-order valence-corrected chi connectivity index (χ1v) is 15.4. The first kappa shape index (κ1) is 25.1. The number of likely N-dealkylation sites (tertiary alicyclic amines) is 1. The van der Waals surface area contributed by atoms with Crippen molar-refractivity contribution in [3.63, 3.8) is 0 Å². The Labute approximate surface area is 199 Å². The molecule has 0 aromatic heterocycles. The average Bonchev–Trinajstić information content (AvgIpc) is 3.29. The van der Waals surface area contributed by atoms with E-state index < -0.39 is 20.0 Å². The van der Waals surface area contributed by atoms with Crippen LogP contribution in [0.5, 0.6) is 0 Å². The van der Waals surface area contributed by atoms with Crippen LogP contribution >= 0.6 is 0 Å². The number of aryl methyl sites for hydroxylation is 2. The minimum Gasteiger partial charge on any atom is -0.314 e. The summed E-state index contributed by atoms with van der Waals surface area (Å²) in [5.74, 6) is -0.185. The van der Waals surface area contributed by atoms with E-state index in [-0.39, 0.29) is 18.3 Å². The van der Waals surface area contributed by atoms with Gasteiger partial charge in [-0.1, -0.05) is 13.0 Å². The van der Waals surface area contributed by atoms with E-state index in [4.69, 9.17) is 0 Å². The molecule has 10 heteroatoms. The van der Waals surface area contributed by atoms with E-state index in [1.807, 2.05) is 12.1 Å². The van der Waals surface area contributed by atoms with E-state index in [0.717, 1.165) is 57.2 Å². The Morgan fingerprint density at radius 3 is 2.45 bits per heavy atom. The molecular weight excluding hydrogens is 460 g/mol. The van der Waals surface area contributed by atoms with E-state index in [9.17, 15) is 16.8 Å². The third-order valence-electron chi connectivity index (χ3n) is 7.35. The molecule has 0 unspecified atom stereocenters. The lowest BCUT2D eigenvalue weighted by Gasteiger charge is -2.31. The van der Waals surface area contributed by atoms with Gasteiger partial charge in [-0.2, -0.15) is 8.61 Å². The normalized spacial score (nSPS) is 23.2. The van der Waals surface area contributed by atoms with Crippen LogP contribution in [0.4, 0.5) is 0 Å². The van der Waals surface area contributed by atoms with Gasteiger partial charge >= 0.3 is 0 Å². The summed E-state index contributed by atoms with van der Waals surface area (Å²) in [6.07, 6.45) is 6.11. The van der Waals surface area contributed by atoms with Crippen LogP contribution in [0.1, 0.15) is 43.7 Å². The molecule has 0 spiro atoms. The van der Waals surface area contributed by atoms with Gasteiger partial charge < -0.3 is 5.32 Å². The number of rotatable bonds is 9. The van der Waals surface area contributed by atoms with E-state index >= 15 is 0 Å². The molecule has 1 atom stereocenters. The third-order valence-corrected chi connectivity index (χ3v) is 11.1. The summed E-state index contributed by atoms with van der Waals surface area (Å²) < 4.78 is 56.4. The molecule has 0 amide bonds. The molecule has 2 heterocycles. The monoisotopic (exact) mass is 498 g/mol. The van der Waals surface area contributed by atoms with Crippen molar-refractivity contribution >= 4 is 20.0 Å². The summed E-state index contributed by atoms with van der Waals surface area (Å²) >= 11 is 0. The molecule has 1 N–H and O–H groups in total. The van der Waals surface area contributed by atoms with E-state index in [0.29, 0.717) is 37.6 Å². The lowest BCUT2D eigenvalue weighted by molar-refractivity contribution is 0.229. The second kappa shape index (κ2) is 10.7. The zero-order valence-corrected chi connectivity index (χ0v) is 21.3. The van der Waals surface area contributed by atoms with Gasteiger partial charge in [0.2, 0.25) is 20.0 Å². The highest BCUT2D eigenvalue weighted by molar-refractivity contribution is 7.90. The van der Waals surface area contributed by atoms with Crippen molar-refractivity contribution in [3.8, 4) is 0 Å². The standard InChI is InChI=1S/C23H38N4O4S2/c1-2-25-13-5-8-22(25)19-27(16-17-32(28,29)26-14-11-24-12-15-26)33(30,31)23-10-9-20-6-3-4-7-21(20)18-23/h9-10,18,22,24H,2-8,11-17,19H2,1H3/t22-/m0/s1. The van der Waals surface area contributed by atoms with Crippen LogP contribution in [0.25, 0.3) is 0 Å². The largest absolute Gasteiger partial charge is 0.314 e. The maximum Gasteiger partial charge on any atom is 0.243 e. The Bertz CT molecular complexity index is 1020. The van der Waals surface area contributed by atoms with E-state index in [1.165, 1.54) is 14.2 Å². The minimum absolute atomic E-state index is 0.0142. The smallest absolute Gasteiger partial charge is 0.243 e. The zero-order chi connectivity index (χ0) is 23.5. The second-order valence-electron chi connectivity index (χ2n) is 9.39. The molecule has 0 saturated carbocycles. The molecule has 1 aliphatic carbocycles. The summed E-state index contributed by atoms with van der Waals surface area (Å²) in [5.41, 5.74) is 2.35. The Morgan fingerprint density at radius 1 is 1.00 bits per heavy atom. The molecule has 186 valence electrons. The number of nitrogens with zero attached hydrogens (tertiary/aromatic N) is 3. The molecule has 1 aromatic rings. The molecule has 33 heavy (non-hydrogen) atoms. The van der Waals surface area contributed by atoms with Crippen molar-refractivity contribution in [2.45, 2.75) is 56.4 Å². The molecule has 2 aliphatic heterocycles. The predicted molar refractivity (Wildman–Crippen MR) is 130 cm³/mol. The fraction of sp³-hybridized carbons (Fsp3) is 0.739. The summed E-state index contributed by atoms with van der Waals surface area (Å²) in [5, 5.41) is 3.16. The number of hydrogen-bond acceptors (Lipinski definition) is 6. The van der Waals surface area contributed by atoms with Crippen LogP contribution in [0, 0.1) is 0 Å². The number of nitrogens with one attached hydrogen (secondary N) is 1. The van der Waals surface area contributed by atoms with Gasteiger partial charge in [-0.05, 0) is 74.9 Å². The molecule has 2 saturated heterocycles. The van der Waals surface area contributed by atoms with Gasteiger partial charge in [-0.3, -0.25) is 4.90 Å². The van der Waals surface area contributed by atoms with Gasteiger partial charge in [0.1, 0.15) is 0 Å². The summed E-state index contributed by atoms with van der Waals surface area (Å²) in [6, 6.07) is 5.62. The highest BCUT2D eigenvalue weighted by atomic mass is 32.2. The minimum atomic E-state index is -3.80. The number of sulfonamides is 2. The predicted octanol–water partition coefficient (Wildman–Crippen LogP) is 1.28. The number of fused-ring (bicyclic) bond motifs is 1. The highest BCUT2D eigenvalue weighted by Crippen LogP contribution is 2.27. The van der Waals surface area contributed by atoms with Crippen molar-refractivity contribution in [1.29, 1.82) is 0 Å². The first-order valence-electron chi connectivity index (χ1n) is 12.4. The van der Waals surface area contributed by atoms with E-state index in [2.05, 4.69) is 17.1 Å². The van der Waals surface area contributed by atoms with Gasteiger partial charge in [-0.25, -0.2) is 16.8 Å². The van der Waals surface area contributed by atoms with Crippen LogP contribution < -0.4 is 5.32 Å². The third kappa shape index (κ3) is 5.79. The molecule has 8 nitrogen and oxygen atoms in total. The number of hydrogen-bond donors (Lipinski definition) is 1. The van der Waals surface area contributed by atoms with Gasteiger partial charge in [0.05, 0.1) is 10.6 Å². The lowest BCUT2D eigenvalue weighted by Crippen LogP contribution is -2.49. The van der Waals surface area contributed by atoms with E-state index in [1.54, 1.807) is 6.07 Å².